The molecule has 0 unspecified atom stereocenters. The number of amidine groups is 1. The van der Waals surface area contributed by atoms with Crippen LogP contribution in [-0.4, -0.2) is 41.3 Å². The fourth-order valence-corrected chi connectivity index (χ4v) is 4.38. The topological polar surface area (TPSA) is 109 Å². The van der Waals surface area contributed by atoms with Gasteiger partial charge in [-0.2, -0.15) is 4.31 Å². The number of hydrogen-bond acceptors (Lipinski definition) is 6. The minimum Gasteiger partial charge on any atom is -0.409 e. The van der Waals surface area contributed by atoms with E-state index in [4.69, 9.17) is 10.9 Å². The zero-order valence-electron chi connectivity index (χ0n) is 11.1. The fourth-order valence-electron chi connectivity index (χ4n) is 1.51. The first-order chi connectivity index (χ1) is 8.78. The molecule has 7 nitrogen and oxygen atoms in total. The van der Waals surface area contributed by atoms with Gasteiger partial charge in [0.05, 0.1) is 11.2 Å². The van der Waals surface area contributed by atoms with Crippen molar-refractivity contribution in [1.29, 1.82) is 0 Å². The second-order valence-corrected chi connectivity index (χ2v) is 7.60. The molecule has 3 N–H and O–H groups in total. The highest BCUT2D eigenvalue weighted by atomic mass is 32.2. The Morgan fingerprint density at radius 2 is 2.26 bits per heavy atom. The summed E-state index contributed by atoms with van der Waals surface area (Å²) in [6.45, 7) is 5.46. The lowest BCUT2D eigenvalue weighted by Gasteiger charge is -2.24. The third-order valence-electron chi connectivity index (χ3n) is 2.46. The van der Waals surface area contributed by atoms with Crippen LogP contribution in [0.5, 0.6) is 0 Å². The number of aromatic nitrogens is 1. The van der Waals surface area contributed by atoms with Crippen molar-refractivity contribution in [3.8, 4) is 0 Å². The predicted octanol–water partition coefficient (Wildman–Crippen LogP) is 0.987. The fraction of sp³-hybridized carbons (Fsp3) is 0.600. The predicted molar refractivity (Wildman–Crippen MR) is 73.9 cm³/mol. The molecule has 0 spiro atoms. The van der Waals surface area contributed by atoms with Crippen molar-refractivity contribution in [2.45, 2.75) is 37.4 Å². The maximum atomic E-state index is 12.4. The zero-order valence-corrected chi connectivity index (χ0v) is 12.7. The van der Waals surface area contributed by atoms with Gasteiger partial charge in [0.15, 0.2) is 4.21 Å². The van der Waals surface area contributed by atoms with Gasteiger partial charge in [-0.05, 0) is 20.8 Å². The summed E-state index contributed by atoms with van der Waals surface area (Å²) in [7, 11) is -3.59. The Kier molecular flexibility index (Phi) is 5.27. The Hall–Kier alpha value is -1.19. The Labute approximate surface area is 116 Å². The zero-order chi connectivity index (χ0) is 14.6. The molecule has 1 heterocycles. The second-order valence-electron chi connectivity index (χ2n) is 4.25. The number of hydrogen-bond donors (Lipinski definition) is 2. The van der Waals surface area contributed by atoms with Crippen LogP contribution in [0.2, 0.25) is 0 Å². The first-order valence-corrected chi connectivity index (χ1v) is 7.95. The van der Waals surface area contributed by atoms with E-state index in [1.54, 1.807) is 20.8 Å². The molecule has 1 aromatic heterocycles. The number of nitrogens with two attached hydrogens (primary N) is 1. The number of sulfonamides is 1. The lowest BCUT2D eigenvalue weighted by molar-refractivity contribution is 0.313. The summed E-state index contributed by atoms with van der Waals surface area (Å²) in [6.07, 6.45) is 1.53. The largest absolute Gasteiger partial charge is 0.409 e. The summed E-state index contributed by atoms with van der Waals surface area (Å²) in [5.41, 5.74) is 5.38. The lowest BCUT2D eigenvalue weighted by Crippen LogP contribution is -2.38. The van der Waals surface area contributed by atoms with Crippen LogP contribution in [0.3, 0.4) is 0 Å². The summed E-state index contributed by atoms with van der Waals surface area (Å²) < 4.78 is 26.4. The molecular formula is C10H18N4O3S2. The van der Waals surface area contributed by atoms with Gasteiger partial charge >= 0.3 is 0 Å². The summed E-state index contributed by atoms with van der Waals surface area (Å²) in [5, 5.41) is 12.0. The Balaban J connectivity index is 2.98. The molecule has 0 bridgehead atoms. The van der Waals surface area contributed by atoms with E-state index in [0.29, 0.717) is 5.01 Å². The Morgan fingerprint density at radius 3 is 2.68 bits per heavy atom. The quantitative estimate of drug-likeness (QED) is 0.352. The maximum Gasteiger partial charge on any atom is 0.254 e. The highest BCUT2D eigenvalue weighted by Crippen LogP contribution is 2.23. The van der Waals surface area contributed by atoms with Crippen LogP contribution in [0.25, 0.3) is 0 Å². The average molecular weight is 306 g/mol. The van der Waals surface area contributed by atoms with Crippen molar-refractivity contribution in [1.82, 2.24) is 9.29 Å². The number of rotatable bonds is 6. The van der Waals surface area contributed by atoms with E-state index >= 15 is 0 Å². The molecular weight excluding hydrogens is 288 g/mol. The van der Waals surface area contributed by atoms with E-state index in [0.717, 1.165) is 11.3 Å². The van der Waals surface area contributed by atoms with E-state index in [2.05, 4.69) is 10.1 Å². The smallest absolute Gasteiger partial charge is 0.254 e. The Morgan fingerprint density at radius 1 is 1.63 bits per heavy atom. The molecule has 0 fully saturated rings. The van der Waals surface area contributed by atoms with Gasteiger partial charge < -0.3 is 10.9 Å². The van der Waals surface area contributed by atoms with Gasteiger partial charge in [0, 0.05) is 19.0 Å². The molecule has 9 heteroatoms. The van der Waals surface area contributed by atoms with Crippen LogP contribution in [0, 0.1) is 6.92 Å². The number of aryl methyl sites for hydroxylation is 1. The first kappa shape index (κ1) is 15.9. The van der Waals surface area contributed by atoms with Crippen LogP contribution in [0.4, 0.5) is 0 Å². The number of thiazole rings is 1. The van der Waals surface area contributed by atoms with Crippen molar-refractivity contribution >= 4 is 27.2 Å². The minimum atomic E-state index is -3.59. The molecule has 0 aliphatic heterocycles. The second kappa shape index (κ2) is 6.31. The number of nitrogens with zero attached hydrogens (tertiary/aromatic N) is 3. The molecule has 0 saturated carbocycles. The standard InChI is InChI=1S/C10H18N4O3S2/c1-7(2)14(5-4-9(11)13-15)19(16,17)10-6-12-8(3)18-10/h6-7,15H,4-5H2,1-3H3,(H2,11,13). The third kappa shape index (κ3) is 3.88. The van der Waals surface area contributed by atoms with E-state index in [-0.39, 0.29) is 29.1 Å². The minimum absolute atomic E-state index is 0.00124. The van der Waals surface area contributed by atoms with Crippen LogP contribution in [0.15, 0.2) is 15.6 Å². The summed E-state index contributed by atoms with van der Waals surface area (Å²) >= 11 is 1.13. The van der Waals surface area contributed by atoms with Crippen molar-refractivity contribution in [2.24, 2.45) is 10.9 Å². The molecule has 0 amide bonds. The van der Waals surface area contributed by atoms with Crippen molar-refractivity contribution in [3.63, 3.8) is 0 Å². The highest BCUT2D eigenvalue weighted by molar-refractivity contribution is 7.91. The van der Waals surface area contributed by atoms with Crippen molar-refractivity contribution < 1.29 is 13.6 Å². The van der Waals surface area contributed by atoms with Crippen LogP contribution in [-0.2, 0) is 10.0 Å². The molecule has 19 heavy (non-hydrogen) atoms. The third-order valence-corrected chi connectivity index (χ3v) is 5.88. The normalized spacial score (nSPS) is 13.4. The van der Waals surface area contributed by atoms with Gasteiger partial charge in [0.2, 0.25) is 0 Å². The molecule has 0 saturated heterocycles. The van der Waals surface area contributed by atoms with E-state index in [1.807, 2.05) is 0 Å². The molecule has 0 aliphatic carbocycles. The molecule has 0 atom stereocenters. The van der Waals surface area contributed by atoms with Crippen LogP contribution in [0.1, 0.15) is 25.3 Å². The van der Waals surface area contributed by atoms with Gasteiger partial charge in [-0.25, -0.2) is 13.4 Å². The SMILES string of the molecule is Cc1ncc(S(=O)(=O)N(CCC(N)=NO)C(C)C)s1. The van der Waals surface area contributed by atoms with Crippen molar-refractivity contribution in [3.05, 3.63) is 11.2 Å². The summed E-state index contributed by atoms with van der Waals surface area (Å²) in [5.74, 6) is 0.00124. The van der Waals surface area contributed by atoms with E-state index in [9.17, 15) is 8.42 Å². The van der Waals surface area contributed by atoms with Gasteiger partial charge in [-0.15, -0.1) is 11.3 Å². The van der Waals surface area contributed by atoms with Gasteiger partial charge in [-0.1, -0.05) is 5.16 Å². The average Bonchev–Trinajstić information content (AvgIpc) is 2.75. The van der Waals surface area contributed by atoms with Gasteiger partial charge in [-0.3, -0.25) is 0 Å². The molecule has 108 valence electrons. The van der Waals surface area contributed by atoms with Gasteiger partial charge in [0.25, 0.3) is 10.0 Å². The lowest BCUT2D eigenvalue weighted by atomic mass is 10.3. The van der Waals surface area contributed by atoms with Crippen LogP contribution < -0.4 is 5.73 Å². The molecule has 0 radical (unpaired) electrons. The van der Waals surface area contributed by atoms with Crippen LogP contribution >= 0.6 is 11.3 Å². The molecule has 0 aliphatic rings. The molecule has 0 aromatic carbocycles. The first-order valence-electron chi connectivity index (χ1n) is 5.69. The van der Waals surface area contributed by atoms with E-state index < -0.39 is 10.0 Å². The Bertz CT molecular complexity index is 551. The highest BCUT2D eigenvalue weighted by Gasteiger charge is 2.28. The molecule has 1 aromatic rings. The summed E-state index contributed by atoms with van der Waals surface area (Å²) in [4.78, 5) is 3.96. The van der Waals surface area contributed by atoms with Crippen molar-refractivity contribution in [2.75, 3.05) is 6.54 Å². The number of oxime groups is 1. The summed E-state index contributed by atoms with van der Waals surface area (Å²) in [6, 6.07) is -0.223. The monoisotopic (exact) mass is 306 g/mol. The maximum absolute atomic E-state index is 12.4. The molecule has 1 rings (SSSR count). The van der Waals surface area contributed by atoms with E-state index in [1.165, 1.54) is 10.5 Å². The van der Waals surface area contributed by atoms with Gasteiger partial charge in [0.1, 0.15) is 5.84 Å².